The lowest BCUT2D eigenvalue weighted by Crippen LogP contribution is -2.64. The first-order chi connectivity index (χ1) is 41.8. The van der Waals surface area contributed by atoms with Gasteiger partial charge in [0.05, 0.1) is 66.1 Å². The maximum atomic E-state index is 11.7. The summed E-state index contributed by atoms with van der Waals surface area (Å²) in [4.78, 5) is 0. The van der Waals surface area contributed by atoms with Crippen LogP contribution in [0.15, 0.2) is 0 Å². The highest BCUT2D eigenvalue weighted by molar-refractivity contribution is 4.99. The van der Waals surface area contributed by atoms with E-state index in [0.29, 0.717) is 0 Å². The van der Waals surface area contributed by atoms with Gasteiger partial charge < -0.3 is 198 Å². The molecule has 8 saturated heterocycles. The Balaban J connectivity index is 0.941. The molecule has 0 saturated carbocycles. The molecule has 8 aliphatic heterocycles. The Labute approximate surface area is 497 Å². The predicted molar refractivity (Wildman–Crippen MR) is 263 cm³/mol. The fourth-order valence-corrected chi connectivity index (χ4v) is 10.9. The van der Waals surface area contributed by atoms with Gasteiger partial charge in [-0.25, -0.2) is 0 Å². The van der Waals surface area contributed by atoms with E-state index < -0.39 is 300 Å². The average molecular weight is 1300 g/mol. The summed E-state index contributed by atoms with van der Waals surface area (Å²) < 4.78 is 91.2. The zero-order valence-electron chi connectivity index (χ0n) is 46.3. The first-order valence-corrected chi connectivity index (χ1v) is 28.0. The number of aliphatic hydroxyl groups excluding tert-OH is 24. The molecular weight excluding hydrogens is 1220 g/mol. The normalized spacial score (nSPS) is 50.2. The van der Waals surface area contributed by atoms with E-state index in [-0.39, 0.29) is 0 Å². The molecule has 0 aromatic carbocycles. The fraction of sp³-hybridized carbons (Fsp3) is 1.00. The van der Waals surface area contributed by atoms with Crippen molar-refractivity contribution in [3.05, 3.63) is 0 Å². The quantitative estimate of drug-likeness (QED) is 0.0346. The van der Waals surface area contributed by atoms with Crippen molar-refractivity contribution in [3.63, 3.8) is 0 Å². The lowest BCUT2D eigenvalue weighted by Gasteiger charge is -2.46. The average Bonchev–Trinajstić information content (AvgIpc) is 3.96. The van der Waals surface area contributed by atoms with Crippen LogP contribution in [0.5, 0.6) is 0 Å². The summed E-state index contributed by atoms with van der Waals surface area (Å²) in [5.41, 5.74) is 0. The summed E-state index contributed by atoms with van der Waals surface area (Å²) in [6, 6.07) is 0. The highest BCUT2D eigenvalue weighted by atomic mass is 16.8. The summed E-state index contributed by atoms with van der Waals surface area (Å²) in [7, 11) is 0. The number of hydrogen-bond donors (Lipinski definition) is 24. The number of ether oxygens (including phenoxy) is 16. The van der Waals surface area contributed by atoms with Gasteiger partial charge in [0.1, 0.15) is 183 Å². The van der Waals surface area contributed by atoms with E-state index in [0.717, 1.165) is 0 Å². The molecule has 0 bridgehead atoms. The fourth-order valence-electron chi connectivity index (χ4n) is 10.9. The summed E-state index contributed by atoms with van der Waals surface area (Å²) in [5, 5.41) is 251. The monoisotopic (exact) mass is 1300 g/mol. The predicted octanol–water partition coefficient (Wildman–Crippen LogP) is -17.2. The van der Waals surface area contributed by atoms with Crippen molar-refractivity contribution < 1.29 is 198 Å². The Hall–Kier alpha value is -1.60. The number of aliphatic hydroxyl groups is 24. The van der Waals surface area contributed by atoms with Crippen molar-refractivity contribution in [2.75, 3.05) is 66.1 Å². The molecule has 88 heavy (non-hydrogen) atoms. The van der Waals surface area contributed by atoms with Crippen LogP contribution in [0.1, 0.15) is 0 Å². The molecule has 38 atom stereocenters. The van der Waals surface area contributed by atoms with E-state index in [1.54, 1.807) is 0 Å². The first-order valence-electron chi connectivity index (χ1n) is 28.0. The Morgan fingerprint density at radius 3 is 1.00 bits per heavy atom. The first kappa shape index (κ1) is 72.2. The van der Waals surface area contributed by atoms with Crippen molar-refractivity contribution in [2.45, 2.75) is 233 Å². The minimum absolute atomic E-state index is 0.692. The Morgan fingerprint density at radius 1 is 0.250 bits per heavy atom. The van der Waals surface area contributed by atoms with Gasteiger partial charge in [-0.3, -0.25) is 0 Å². The molecule has 8 heterocycles. The van der Waals surface area contributed by atoms with Crippen LogP contribution in [0.4, 0.5) is 0 Å². The van der Waals surface area contributed by atoms with Crippen LogP contribution in [0, 0.1) is 0 Å². The van der Waals surface area contributed by atoms with Crippen molar-refractivity contribution in [1.82, 2.24) is 0 Å². The molecule has 0 aromatic heterocycles. The lowest BCUT2D eigenvalue weighted by molar-refractivity contribution is -0.369. The van der Waals surface area contributed by atoms with Crippen LogP contribution < -0.4 is 0 Å². The van der Waals surface area contributed by atoms with Crippen molar-refractivity contribution in [2.24, 2.45) is 0 Å². The standard InChI is InChI=1S/C48H82O40/c49-1-11(55)21(57)12(56)7-73-42-36(72)37(85-48-39(28(64)17(6-54)81-48)87-44-33(69)25(61)18(82-44)8-74-41-34(70)29(65)22(58)13(2-50)77-41)20(84-42)10-76-46-38(27(63)16(5-53)80-46)86-43-32(68)26(62)19(83-43)9-75-47-40(31(67)24(60)15(4-52)79-47)88-45-35(71)30(66)23(59)14(3-51)78-45/h11-72H,1-10H2/t11-,12-,13-,14-,15-,16-,17-,18-,19-,20-,21+,22-,23-,24-,25-,26-,27-,28-,29+,30+,31+,32+,33+,34+,35+,36+,37-,38+,39+,40+,41+,42+,43+,44+,45-,46+,47+,48-/m1/s1. The molecule has 8 aliphatic rings. The molecule has 0 unspecified atom stereocenters. The smallest absolute Gasteiger partial charge is 0.187 e. The lowest BCUT2D eigenvalue weighted by atomic mass is 9.97. The molecule has 0 amide bonds. The largest absolute Gasteiger partial charge is 0.394 e. The van der Waals surface area contributed by atoms with Crippen LogP contribution in [-0.4, -0.2) is 422 Å². The maximum Gasteiger partial charge on any atom is 0.187 e. The Bertz CT molecular complexity index is 2080. The molecule has 24 N–H and O–H groups in total. The van der Waals surface area contributed by atoms with Gasteiger partial charge in [0.15, 0.2) is 50.3 Å². The minimum Gasteiger partial charge on any atom is -0.394 e. The third-order valence-corrected chi connectivity index (χ3v) is 16.2. The molecule has 0 radical (unpaired) electrons. The van der Waals surface area contributed by atoms with E-state index in [4.69, 9.17) is 75.8 Å². The van der Waals surface area contributed by atoms with Gasteiger partial charge in [-0.15, -0.1) is 0 Å². The van der Waals surface area contributed by atoms with Gasteiger partial charge in [-0.1, -0.05) is 0 Å². The van der Waals surface area contributed by atoms with E-state index in [2.05, 4.69) is 0 Å². The van der Waals surface area contributed by atoms with E-state index in [1.807, 2.05) is 0 Å². The van der Waals surface area contributed by atoms with Crippen molar-refractivity contribution >= 4 is 0 Å². The highest BCUT2D eigenvalue weighted by Gasteiger charge is 2.58. The molecule has 0 spiro atoms. The summed E-state index contributed by atoms with van der Waals surface area (Å²) >= 11 is 0. The van der Waals surface area contributed by atoms with Gasteiger partial charge >= 0.3 is 0 Å². The second-order valence-electron chi connectivity index (χ2n) is 22.2. The SMILES string of the molecule is OC[C@@H](O)[C@H](O)[C@H](O)CO[C@H]1O[C@H](CO[C@H]2O[C@H](CO)[C@@H](O)[C@@H]2O[C@@H]2O[C@H](CO[C@H]3O[C@H](CO)[C@@H](O)[C@H](O)[C@@H]3O[C@H]3O[C@H](CO)[C@@H](O)[C@H](O)[C@@H]3O)[C@@H](O)[C@@H]2O)[C@@H](O[C@H]2O[C@H](CO)[C@@H](O)[C@@H]2O[C@@H]2O[C@H](CO[C@H]3O[C@H](CO)[C@@H](O)[C@H](O)[C@@H]3O)[C@@H](O)[C@@H]2O)[C@@H]1O. The summed E-state index contributed by atoms with van der Waals surface area (Å²) in [6.45, 7) is -8.56. The second kappa shape index (κ2) is 31.8. The maximum absolute atomic E-state index is 11.7. The summed E-state index contributed by atoms with van der Waals surface area (Å²) in [5.74, 6) is 0. The second-order valence-corrected chi connectivity index (χ2v) is 22.2. The Morgan fingerprint density at radius 2 is 0.545 bits per heavy atom. The van der Waals surface area contributed by atoms with E-state index in [9.17, 15) is 123 Å². The van der Waals surface area contributed by atoms with Crippen LogP contribution in [0.25, 0.3) is 0 Å². The molecule has 8 fully saturated rings. The van der Waals surface area contributed by atoms with Gasteiger partial charge in [0, 0.05) is 0 Å². The molecule has 8 rings (SSSR count). The van der Waals surface area contributed by atoms with Gasteiger partial charge in [0.2, 0.25) is 0 Å². The third kappa shape index (κ3) is 15.5. The molecule has 40 nitrogen and oxygen atoms in total. The number of hydrogen-bond acceptors (Lipinski definition) is 40. The van der Waals surface area contributed by atoms with Crippen molar-refractivity contribution in [3.8, 4) is 0 Å². The number of rotatable bonds is 28. The van der Waals surface area contributed by atoms with Crippen LogP contribution >= 0.6 is 0 Å². The molecular formula is C48H82O40. The Kier molecular flexibility index (Phi) is 26.1. The molecule has 40 heteroatoms. The van der Waals surface area contributed by atoms with Crippen LogP contribution in [0.2, 0.25) is 0 Å². The van der Waals surface area contributed by atoms with Gasteiger partial charge in [-0.2, -0.15) is 0 Å². The topological polar surface area (TPSA) is 633 Å². The molecule has 514 valence electrons. The minimum atomic E-state index is -2.01. The molecule has 0 aliphatic carbocycles. The van der Waals surface area contributed by atoms with E-state index in [1.165, 1.54) is 0 Å². The van der Waals surface area contributed by atoms with E-state index >= 15 is 0 Å². The van der Waals surface area contributed by atoms with Gasteiger partial charge in [-0.05, 0) is 0 Å². The zero-order valence-corrected chi connectivity index (χ0v) is 46.3. The molecule has 0 aromatic rings. The van der Waals surface area contributed by atoms with Crippen LogP contribution in [0.3, 0.4) is 0 Å². The summed E-state index contributed by atoms with van der Waals surface area (Å²) in [6.07, 6.45) is -68.4. The third-order valence-electron chi connectivity index (χ3n) is 16.2. The van der Waals surface area contributed by atoms with Gasteiger partial charge in [0.25, 0.3) is 0 Å². The van der Waals surface area contributed by atoms with Crippen LogP contribution in [-0.2, 0) is 75.8 Å². The zero-order chi connectivity index (χ0) is 64.3. The van der Waals surface area contributed by atoms with Crippen molar-refractivity contribution in [1.29, 1.82) is 0 Å². The highest BCUT2D eigenvalue weighted by Crippen LogP contribution is 2.38.